The van der Waals surface area contributed by atoms with Crippen molar-refractivity contribution in [2.24, 2.45) is 0 Å². The van der Waals surface area contributed by atoms with Crippen molar-refractivity contribution >= 4 is 6.29 Å². The van der Waals surface area contributed by atoms with E-state index >= 15 is 0 Å². The summed E-state index contributed by atoms with van der Waals surface area (Å²) in [5.41, 5.74) is 0.171. The Hall–Kier alpha value is -1.30. The third-order valence-corrected chi connectivity index (χ3v) is 2.27. The van der Waals surface area contributed by atoms with Gasteiger partial charge in [-0.2, -0.15) is 0 Å². The fourth-order valence-corrected chi connectivity index (χ4v) is 1.37. The van der Waals surface area contributed by atoms with Crippen LogP contribution in [0.4, 0.5) is 4.39 Å². The average molecular weight is 227 g/mol. The van der Waals surface area contributed by atoms with Gasteiger partial charge in [0.2, 0.25) is 0 Å². The summed E-state index contributed by atoms with van der Waals surface area (Å²) < 4.78 is 13.2. The van der Waals surface area contributed by atoms with Crippen molar-refractivity contribution in [3.8, 4) is 0 Å². The number of nitrogens with one attached hydrogen (secondary N) is 1. The van der Waals surface area contributed by atoms with Gasteiger partial charge in [-0.15, -0.1) is 0 Å². The van der Waals surface area contributed by atoms with Crippen LogP contribution in [0.15, 0.2) is 18.2 Å². The molecule has 0 aliphatic carbocycles. The molecule has 1 aromatic carbocycles. The Morgan fingerprint density at radius 1 is 1.50 bits per heavy atom. The van der Waals surface area contributed by atoms with E-state index in [1.54, 1.807) is 7.05 Å². The van der Waals surface area contributed by atoms with Gasteiger partial charge in [0.25, 0.3) is 0 Å². The maximum atomic E-state index is 13.2. The number of aliphatic hydroxyl groups excluding tert-OH is 2. The maximum Gasteiger partial charge on any atom is 0.152 e. The third kappa shape index (κ3) is 2.85. The minimum absolute atomic E-state index is 0.0703. The summed E-state index contributed by atoms with van der Waals surface area (Å²) in [6.07, 6.45) is -1.80. The molecule has 0 heterocycles. The highest BCUT2D eigenvalue weighted by atomic mass is 19.1. The Labute approximate surface area is 92.7 Å². The van der Waals surface area contributed by atoms with Gasteiger partial charge in [0.05, 0.1) is 11.7 Å². The molecule has 1 aromatic rings. The van der Waals surface area contributed by atoms with Gasteiger partial charge < -0.3 is 15.5 Å². The van der Waals surface area contributed by atoms with E-state index < -0.39 is 18.0 Å². The zero-order chi connectivity index (χ0) is 12.1. The van der Waals surface area contributed by atoms with Crippen LogP contribution in [-0.2, 0) is 0 Å². The normalized spacial score (nSPS) is 14.5. The van der Waals surface area contributed by atoms with Gasteiger partial charge >= 0.3 is 0 Å². The molecule has 2 atom stereocenters. The van der Waals surface area contributed by atoms with Crippen LogP contribution in [0, 0.1) is 5.82 Å². The first-order valence-electron chi connectivity index (χ1n) is 4.85. The highest BCUT2D eigenvalue weighted by Gasteiger charge is 2.18. The van der Waals surface area contributed by atoms with Crippen molar-refractivity contribution in [1.82, 2.24) is 5.32 Å². The number of aldehydes is 1. The second-order valence-electron chi connectivity index (χ2n) is 3.47. The van der Waals surface area contributed by atoms with E-state index in [0.29, 0.717) is 6.29 Å². The molecule has 0 aliphatic heterocycles. The number of likely N-dealkylation sites (N-methyl/N-ethyl adjacent to an activating group) is 1. The summed E-state index contributed by atoms with van der Waals surface area (Å²) in [7, 11) is 1.63. The predicted octanol–water partition coefficient (Wildman–Crippen LogP) is 0.252. The summed E-state index contributed by atoms with van der Waals surface area (Å²) in [6.45, 7) is 0.193. The van der Waals surface area contributed by atoms with E-state index in [-0.39, 0.29) is 17.7 Å². The summed E-state index contributed by atoms with van der Waals surface area (Å²) in [4.78, 5) is 10.4. The lowest BCUT2D eigenvalue weighted by Gasteiger charge is -2.17. The van der Waals surface area contributed by atoms with Crippen LogP contribution in [0.2, 0.25) is 0 Å². The quantitative estimate of drug-likeness (QED) is 0.631. The fourth-order valence-electron chi connectivity index (χ4n) is 1.37. The maximum absolute atomic E-state index is 13.2. The topological polar surface area (TPSA) is 69.6 Å². The number of carbonyl (C=O) groups is 1. The lowest BCUT2D eigenvalue weighted by molar-refractivity contribution is 0.0201. The monoisotopic (exact) mass is 227 g/mol. The average Bonchev–Trinajstić information content (AvgIpc) is 2.28. The van der Waals surface area contributed by atoms with Gasteiger partial charge in [-0.25, -0.2) is 4.39 Å². The van der Waals surface area contributed by atoms with Crippen molar-refractivity contribution in [2.45, 2.75) is 12.2 Å². The van der Waals surface area contributed by atoms with E-state index in [1.807, 2.05) is 0 Å². The summed E-state index contributed by atoms with van der Waals surface area (Å²) in [6, 6.07) is 3.73. The molecule has 88 valence electrons. The smallest absolute Gasteiger partial charge is 0.152 e. The fraction of sp³-hybridized carbons (Fsp3) is 0.364. The zero-order valence-corrected chi connectivity index (χ0v) is 8.85. The number of hydrogen-bond acceptors (Lipinski definition) is 4. The Morgan fingerprint density at radius 3 is 2.69 bits per heavy atom. The van der Waals surface area contributed by atoms with E-state index in [2.05, 4.69) is 5.32 Å². The molecule has 0 saturated carbocycles. The molecule has 0 spiro atoms. The molecular formula is C11H14FNO3. The molecule has 4 nitrogen and oxygen atoms in total. The van der Waals surface area contributed by atoms with Gasteiger partial charge in [0.15, 0.2) is 6.29 Å². The Bertz CT molecular complexity index is 370. The Kier molecular flexibility index (Phi) is 4.54. The van der Waals surface area contributed by atoms with Gasteiger partial charge in [-0.05, 0) is 24.7 Å². The van der Waals surface area contributed by atoms with Crippen LogP contribution in [-0.4, -0.2) is 36.2 Å². The van der Waals surface area contributed by atoms with Crippen molar-refractivity contribution in [2.75, 3.05) is 13.6 Å². The second-order valence-corrected chi connectivity index (χ2v) is 3.47. The summed E-state index contributed by atoms with van der Waals surface area (Å²) in [5.74, 6) is -0.705. The molecule has 16 heavy (non-hydrogen) atoms. The lowest BCUT2D eigenvalue weighted by atomic mass is 10.0. The molecule has 2 unspecified atom stereocenters. The van der Waals surface area contributed by atoms with Crippen molar-refractivity contribution in [1.29, 1.82) is 0 Å². The lowest BCUT2D eigenvalue weighted by Crippen LogP contribution is -2.29. The predicted molar refractivity (Wildman–Crippen MR) is 56.7 cm³/mol. The SMILES string of the molecule is CNCC(O)C(O)c1ccc(C=O)c(F)c1. The first kappa shape index (κ1) is 12.8. The number of rotatable bonds is 5. The third-order valence-electron chi connectivity index (χ3n) is 2.27. The summed E-state index contributed by atoms with van der Waals surface area (Å²) in [5, 5.41) is 21.8. The molecule has 0 radical (unpaired) electrons. The standard InChI is InChI=1S/C11H14FNO3/c1-13-5-10(15)11(16)7-2-3-8(6-14)9(12)4-7/h2-4,6,10-11,13,15-16H,5H2,1H3. The molecule has 0 saturated heterocycles. The molecule has 0 fully saturated rings. The molecule has 0 amide bonds. The molecule has 0 bridgehead atoms. The van der Waals surface area contributed by atoms with Crippen LogP contribution in [0.25, 0.3) is 0 Å². The molecule has 0 aliphatic rings. The van der Waals surface area contributed by atoms with E-state index in [4.69, 9.17) is 0 Å². The van der Waals surface area contributed by atoms with Crippen molar-refractivity contribution in [3.63, 3.8) is 0 Å². The minimum Gasteiger partial charge on any atom is -0.389 e. The highest BCUT2D eigenvalue weighted by molar-refractivity contribution is 5.75. The van der Waals surface area contributed by atoms with Crippen molar-refractivity contribution < 1.29 is 19.4 Å². The van der Waals surface area contributed by atoms with Crippen LogP contribution in [0.5, 0.6) is 0 Å². The van der Waals surface area contributed by atoms with E-state index in [1.165, 1.54) is 12.1 Å². The van der Waals surface area contributed by atoms with Crippen molar-refractivity contribution in [3.05, 3.63) is 35.1 Å². The number of hydrogen-bond donors (Lipinski definition) is 3. The first-order chi connectivity index (χ1) is 7.60. The van der Waals surface area contributed by atoms with Gasteiger partial charge in [-0.3, -0.25) is 4.79 Å². The molecule has 5 heteroatoms. The molecule has 0 aromatic heterocycles. The largest absolute Gasteiger partial charge is 0.389 e. The highest BCUT2D eigenvalue weighted by Crippen LogP contribution is 2.19. The van der Waals surface area contributed by atoms with Gasteiger partial charge in [0.1, 0.15) is 11.9 Å². The minimum atomic E-state index is -1.18. The van der Waals surface area contributed by atoms with E-state index in [9.17, 15) is 19.4 Å². The Balaban J connectivity index is 2.88. The molecule has 3 N–H and O–H groups in total. The first-order valence-corrected chi connectivity index (χ1v) is 4.85. The van der Waals surface area contributed by atoms with Crippen LogP contribution >= 0.6 is 0 Å². The second kappa shape index (κ2) is 5.69. The van der Waals surface area contributed by atoms with E-state index in [0.717, 1.165) is 6.07 Å². The van der Waals surface area contributed by atoms with Crippen LogP contribution in [0.3, 0.4) is 0 Å². The number of carbonyl (C=O) groups excluding carboxylic acids is 1. The number of aliphatic hydroxyl groups is 2. The Morgan fingerprint density at radius 2 is 2.19 bits per heavy atom. The zero-order valence-electron chi connectivity index (χ0n) is 8.85. The summed E-state index contributed by atoms with van der Waals surface area (Å²) >= 11 is 0. The number of benzene rings is 1. The van der Waals surface area contributed by atoms with Gasteiger partial charge in [-0.1, -0.05) is 6.07 Å². The molecular weight excluding hydrogens is 213 g/mol. The van der Waals surface area contributed by atoms with Gasteiger partial charge in [0, 0.05) is 6.54 Å². The number of halogens is 1. The van der Waals surface area contributed by atoms with Crippen LogP contribution < -0.4 is 5.32 Å². The van der Waals surface area contributed by atoms with Crippen LogP contribution in [0.1, 0.15) is 22.0 Å². The molecule has 1 rings (SSSR count).